The Morgan fingerprint density at radius 1 is 1.33 bits per heavy atom. The summed E-state index contributed by atoms with van der Waals surface area (Å²) in [7, 11) is 1.34. The molecule has 1 saturated heterocycles. The lowest BCUT2D eigenvalue weighted by Gasteiger charge is -2.22. The first-order valence-corrected chi connectivity index (χ1v) is 6.15. The molecule has 1 aliphatic heterocycles. The molecule has 0 spiro atoms. The van der Waals surface area contributed by atoms with Crippen LogP contribution in [0.3, 0.4) is 0 Å². The highest BCUT2D eigenvalue weighted by molar-refractivity contribution is 6.30. The van der Waals surface area contributed by atoms with Gasteiger partial charge in [0.25, 0.3) is 5.91 Å². The molecule has 1 aliphatic rings. The van der Waals surface area contributed by atoms with Crippen LogP contribution in [0.2, 0.25) is 5.02 Å². The van der Waals surface area contributed by atoms with Crippen LogP contribution in [0, 0.1) is 0 Å². The second-order valence-electron chi connectivity index (χ2n) is 4.19. The Bertz CT molecular complexity index is 458. The van der Waals surface area contributed by atoms with Crippen molar-refractivity contribution in [2.24, 2.45) is 0 Å². The molecule has 0 N–H and O–H groups in total. The van der Waals surface area contributed by atoms with E-state index in [1.54, 1.807) is 29.2 Å². The smallest absolute Gasteiger partial charge is 0.328 e. The van der Waals surface area contributed by atoms with Crippen molar-refractivity contribution >= 4 is 23.5 Å². The van der Waals surface area contributed by atoms with Crippen molar-refractivity contribution in [1.82, 2.24) is 4.90 Å². The van der Waals surface area contributed by atoms with Gasteiger partial charge in [0.15, 0.2) is 0 Å². The summed E-state index contributed by atoms with van der Waals surface area (Å²) in [6, 6.07) is 6.20. The lowest BCUT2D eigenvalue weighted by atomic mass is 10.1. The zero-order valence-corrected chi connectivity index (χ0v) is 10.8. The number of hydrogen-bond donors (Lipinski definition) is 0. The normalized spacial score (nSPS) is 18.8. The molecule has 4 nitrogen and oxygen atoms in total. The lowest BCUT2D eigenvalue weighted by Crippen LogP contribution is -2.41. The van der Waals surface area contributed by atoms with Crippen molar-refractivity contribution < 1.29 is 14.3 Å². The summed E-state index contributed by atoms with van der Waals surface area (Å²) >= 11 is 5.78. The Morgan fingerprint density at radius 2 is 2.00 bits per heavy atom. The summed E-state index contributed by atoms with van der Waals surface area (Å²) in [5.74, 6) is -0.505. The van der Waals surface area contributed by atoms with E-state index in [0.717, 1.165) is 6.42 Å². The van der Waals surface area contributed by atoms with E-state index in [-0.39, 0.29) is 11.9 Å². The number of benzene rings is 1. The predicted molar refractivity (Wildman–Crippen MR) is 67.5 cm³/mol. The average Bonchev–Trinajstić information content (AvgIpc) is 2.87. The number of carbonyl (C=O) groups excluding carboxylic acids is 2. The number of carbonyl (C=O) groups is 2. The van der Waals surface area contributed by atoms with Crippen molar-refractivity contribution in [2.75, 3.05) is 13.7 Å². The fourth-order valence-electron chi connectivity index (χ4n) is 2.15. The van der Waals surface area contributed by atoms with E-state index in [2.05, 4.69) is 0 Å². The van der Waals surface area contributed by atoms with Gasteiger partial charge in [-0.25, -0.2) is 4.79 Å². The molecule has 0 aromatic heterocycles. The van der Waals surface area contributed by atoms with E-state index >= 15 is 0 Å². The van der Waals surface area contributed by atoms with Crippen molar-refractivity contribution in [3.63, 3.8) is 0 Å². The zero-order valence-electron chi connectivity index (χ0n) is 10.1. The van der Waals surface area contributed by atoms with E-state index in [4.69, 9.17) is 16.3 Å². The highest BCUT2D eigenvalue weighted by Gasteiger charge is 2.35. The van der Waals surface area contributed by atoms with Gasteiger partial charge < -0.3 is 9.64 Å². The fourth-order valence-corrected chi connectivity index (χ4v) is 2.28. The number of likely N-dealkylation sites (tertiary alicyclic amines) is 1. The molecule has 0 bridgehead atoms. The second kappa shape index (κ2) is 5.40. The number of esters is 1. The van der Waals surface area contributed by atoms with Crippen molar-refractivity contribution in [1.29, 1.82) is 0 Å². The van der Waals surface area contributed by atoms with Crippen molar-refractivity contribution in [2.45, 2.75) is 18.9 Å². The Morgan fingerprint density at radius 3 is 2.61 bits per heavy atom. The molecule has 5 heteroatoms. The third-order valence-corrected chi connectivity index (χ3v) is 3.33. The molecule has 18 heavy (non-hydrogen) atoms. The molecule has 2 rings (SSSR count). The number of nitrogens with zero attached hydrogens (tertiary/aromatic N) is 1. The summed E-state index contributed by atoms with van der Waals surface area (Å²) in [6.45, 7) is 0.585. The minimum atomic E-state index is -0.460. The number of methoxy groups -OCH3 is 1. The minimum absolute atomic E-state index is 0.153. The average molecular weight is 268 g/mol. The van der Waals surface area contributed by atoms with Gasteiger partial charge in [0, 0.05) is 17.1 Å². The van der Waals surface area contributed by atoms with Crippen LogP contribution in [-0.4, -0.2) is 36.5 Å². The van der Waals surface area contributed by atoms with E-state index in [1.807, 2.05) is 0 Å². The number of halogens is 1. The Kier molecular flexibility index (Phi) is 3.87. The predicted octanol–water partition coefficient (Wildman–Crippen LogP) is 2.12. The quantitative estimate of drug-likeness (QED) is 0.771. The molecule has 1 heterocycles. The van der Waals surface area contributed by atoms with Crippen LogP contribution in [0.4, 0.5) is 0 Å². The lowest BCUT2D eigenvalue weighted by molar-refractivity contribution is -0.145. The number of rotatable bonds is 2. The molecule has 1 aromatic rings. The van der Waals surface area contributed by atoms with Crippen LogP contribution in [0.15, 0.2) is 24.3 Å². The summed E-state index contributed by atoms with van der Waals surface area (Å²) in [5, 5.41) is 0.581. The first-order chi connectivity index (χ1) is 8.63. The number of hydrogen-bond acceptors (Lipinski definition) is 3. The first-order valence-electron chi connectivity index (χ1n) is 5.78. The van der Waals surface area contributed by atoms with Crippen LogP contribution in [0.25, 0.3) is 0 Å². The maximum absolute atomic E-state index is 12.3. The molecular formula is C13H14ClNO3. The number of amides is 1. The summed E-state index contributed by atoms with van der Waals surface area (Å²) in [6.07, 6.45) is 1.48. The first kappa shape index (κ1) is 12.9. The topological polar surface area (TPSA) is 46.6 Å². The Balaban J connectivity index is 2.17. The highest BCUT2D eigenvalue weighted by atomic mass is 35.5. The van der Waals surface area contributed by atoms with Crippen LogP contribution >= 0.6 is 11.6 Å². The molecule has 1 atom stereocenters. The van der Waals surface area contributed by atoms with Gasteiger partial charge in [0.2, 0.25) is 0 Å². The highest BCUT2D eigenvalue weighted by Crippen LogP contribution is 2.21. The van der Waals surface area contributed by atoms with E-state index in [1.165, 1.54) is 7.11 Å². The van der Waals surface area contributed by atoms with Crippen LogP contribution in [0.1, 0.15) is 23.2 Å². The molecule has 0 radical (unpaired) electrons. The van der Waals surface area contributed by atoms with Crippen molar-refractivity contribution in [3.8, 4) is 0 Å². The molecular weight excluding hydrogens is 254 g/mol. The van der Waals surface area contributed by atoms with Crippen molar-refractivity contribution in [3.05, 3.63) is 34.9 Å². The molecule has 0 saturated carbocycles. The minimum Gasteiger partial charge on any atom is -0.467 e. The SMILES string of the molecule is COC(=O)[C@H]1CCCN1C(=O)c1ccc(Cl)cc1. The second-order valence-corrected chi connectivity index (χ2v) is 4.62. The van der Waals surface area contributed by atoms with Gasteiger partial charge in [0.1, 0.15) is 6.04 Å². The zero-order chi connectivity index (χ0) is 13.1. The molecule has 1 aromatic carbocycles. The van der Waals surface area contributed by atoms with E-state index < -0.39 is 6.04 Å². The molecule has 96 valence electrons. The summed E-state index contributed by atoms with van der Waals surface area (Å²) in [5.41, 5.74) is 0.537. The third kappa shape index (κ3) is 2.48. The van der Waals surface area contributed by atoms with Gasteiger partial charge in [-0.3, -0.25) is 4.79 Å². The van der Waals surface area contributed by atoms with Gasteiger partial charge in [-0.2, -0.15) is 0 Å². The number of ether oxygens (including phenoxy) is 1. The largest absolute Gasteiger partial charge is 0.467 e. The van der Waals surface area contributed by atoms with Crippen LogP contribution in [0.5, 0.6) is 0 Å². The molecule has 0 unspecified atom stereocenters. The van der Waals surface area contributed by atoms with E-state index in [9.17, 15) is 9.59 Å². The maximum atomic E-state index is 12.3. The maximum Gasteiger partial charge on any atom is 0.328 e. The molecule has 0 aliphatic carbocycles. The summed E-state index contributed by atoms with van der Waals surface area (Å²) in [4.78, 5) is 25.4. The monoisotopic (exact) mass is 267 g/mol. The Labute approximate surface area is 110 Å². The van der Waals surface area contributed by atoms with Gasteiger partial charge >= 0.3 is 5.97 Å². The standard InChI is InChI=1S/C13H14ClNO3/c1-18-13(17)11-3-2-8-15(11)12(16)9-4-6-10(14)7-5-9/h4-7,11H,2-3,8H2,1H3/t11-/m1/s1. The van der Waals surface area contributed by atoms with Gasteiger partial charge in [0.05, 0.1) is 7.11 Å². The van der Waals surface area contributed by atoms with Gasteiger partial charge in [-0.05, 0) is 37.1 Å². The van der Waals surface area contributed by atoms with Crippen LogP contribution < -0.4 is 0 Å². The third-order valence-electron chi connectivity index (χ3n) is 3.08. The fraction of sp³-hybridized carbons (Fsp3) is 0.385. The van der Waals surface area contributed by atoms with E-state index in [0.29, 0.717) is 23.6 Å². The summed E-state index contributed by atoms with van der Waals surface area (Å²) < 4.78 is 4.72. The Hall–Kier alpha value is -1.55. The van der Waals surface area contributed by atoms with Gasteiger partial charge in [-0.1, -0.05) is 11.6 Å². The molecule has 1 amide bonds. The molecule has 1 fully saturated rings. The van der Waals surface area contributed by atoms with Crippen LogP contribution in [-0.2, 0) is 9.53 Å². The van der Waals surface area contributed by atoms with Gasteiger partial charge in [-0.15, -0.1) is 0 Å².